The third kappa shape index (κ3) is 13.4. The largest absolute Gasteiger partial charge is 0.309 e. The lowest BCUT2D eigenvalue weighted by atomic mass is 9.97. The molecule has 0 aliphatic rings. The van der Waals surface area contributed by atoms with Crippen molar-refractivity contribution in [3.8, 4) is 85.7 Å². The van der Waals surface area contributed by atoms with E-state index in [-0.39, 0.29) is 0 Å². The Balaban J connectivity index is 0.000000117. The molecule has 0 saturated heterocycles. The Morgan fingerprint density at radius 2 is 0.366 bits per heavy atom. The van der Waals surface area contributed by atoms with Gasteiger partial charge in [-0.05, 0) is 298 Å². The highest BCUT2D eigenvalue weighted by atomic mass is 15.0. The van der Waals surface area contributed by atoms with E-state index in [0.717, 1.165) is 134 Å². The Kier molecular flexibility index (Phi) is 19.7. The van der Waals surface area contributed by atoms with Crippen molar-refractivity contribution in [3.05, 3.63) is 447 Å². The molecule has 6 heterocycles. The minimum absolute atomic E-state index is 0.511. The molecule has 24 rings (SSSR count). The van der Waals surface area contributed by atoms with Crippen LogP contribution in [0.2, 0.25) is 0 Å². The fraction of sp³-hybridized carbons (Fsp3) is 0.0656. The van der Waals surface area contributed by atoms with Crippen molar-refractivity contribution in [3.63, 3.8) is 0 Å². The third-order valence-corrected chi connectivity index (χ3v) is 26.6. The monoisotopic (exact) mass is 1710 g/mol. The zero-order chi connectivity index (χ0) is 91.6. The molecule has 6 aromatic heterocycles. The van der Waals surface area contributed by atoms with Crippen LogP contribution in [0.5, 0.6) is 0 Å². The van der Waals surface area contributed by atoms with Gasteiger partial charge in [-0.2, -0.15) is 15.8 Å². The first-order valence-electron chi connectivity index (χ1n) is 44.7. The van der Waals surface area contributed by atoms with Crippen LogP contribution in [0.4, 0.5) is 17.1 Å². The van der Waals surface area contributed by atoms with Crippen molar-refractivity contribution in [1.29, 1.82) is 15.8 Å². The molecule has 0 fully saturated rings. The SMILES string of the molecule is [C-]#[N+]c1ccc(-n2c3cc(C)ccc3c3ccc(C)cc32)cc1-c1cc(-n2c3cc(C)ccc3c3ccc(C)cc32)ccc1C#N.[C-]#[N+]c1ccc(-n2c3ccccc3c3cc(C)ccc32)cc1-c1cc(-n2c3ccccc3c3cc(C)ccc32)ccc1C#N.[C-]#[N+]c1ccc(-n2c3ccccc3c3ccc(C)cc32)cc1-c1cc(-n2c3ccccc3c3ccc(C)cc32)ccc1C#N. The fourth-order valence-electron chi connectivity index (χ4n) is 20.4. The normalized spacial score (nSPS) is 11.4. The van der Waals surface area contributed by atoms with Gasteiger partial charge in [0.15, 0.2) is 17.1 Å². The number of benzene rings is 18. The molecule has 18 aromatic carbocycles. The van der Waals surface area contributed by atoms with Crippen LogP contribution in [0.3, 0.4) is 0 Å². The number of aryl methyl sites for hydroxylation is 8. The van der Waals surface area contributed by atoms with E-state index in [2.05, 4.69) is 395 Å². The lowest BCUT2D eigenvalue weighted by Gasteiger charge is -2.15. The van der Waals surface area contributed by atoms with Gasteiger partial charge in [-0.25, -0.2) is 14.5 Å². The smallest absolute Gasteiger partial charge is 0.195 e. The van der Waals surface area contributed by atoms with Crippen molar-refractivity contribution in [2.75, 3.05) is 0 Å². The Bertz CT molecular complexity index is 8810. The molecule has 12 nitrogen and oxygen atoms in total. The van der Waals surface area contributed by atoms with E-state index in [1.165, 1.54) is 109 Å². The minimum Gasteiger partial charge on any atom is -0.309 e. The summed E-state index contributed by atoms with van der Waals surface area (Å²) in [6.07, 6.45) is 0. The summed E-state index contributed by atoms with van der Waals surface area (Å²) >= 11 is 0. The maximum atomic E-state index is 10.3. The molecule has 134 heavy (non-hydrogen) atoms. The van der Waals surface area contributed by atoms with Crippen LogP contribution in [0, 0.1) is 109 Å². The van der Waals surface area contributed by atoms with E-state index >= 15 is 0 Å². The van der Waals surface area contributed by atoms with E-state index in [1.807, 2.05) is 72.8 Å². The molecule has 0 amide bonds. The number of fused-ring (bicyclic) bond motifs is 18. The second-order valence-electron chi connectivity index (χ2n) is 35.2. The first-order valence-corrected chi connectivity index (χ1v) is 44.7. The fourth-order valence-corrected chi connectivity index (χ4v) is 20.4. The summed E-state index contributed by atoms with van der Waals surface area (Å²) in [7, 11) is 0. The molecule has 630 valence electrons. The van der Waals surface area contributed by atoms with E-state index in [0.29, 0.717) is 33.8 Å². The Labute approximate surface area is 774 Å². The summed E-state index contributed by atoms with van der Waals surface area (Å²) in [6.45, 7) is 41.1. The molecule has 0 unspecified atom stereocenters. The van der Waals surface area contributed by atoms with Gasteiger partial charge in [-0.3, -0.25) is 0 Å². The lowest BCUT2D eigenvalue weighted by Crippen LogP contribution is -1.98. The van der Waals surface area contributed by atoms with Gasteiger partial charge in [0, 0.05) is 98.8 Å². The van der Waals surface area contributed by atoms with E-state index in [1.54, 1.807) is 0 Å². The van der Waals surface area contributed by atoms with Crippen LogP contribution >= 0.6 is 0 Å². The second kappa shape index (κ2) is 32.5. The van der Waals surface area contributed by atoms with Crippen molar-refractivity contribution >= 4 is 148 Å². The first kappa shape index (κ1) is 81.5. The standard InChI is InChI=1S/C42H30N4.2C40H26N4/c1-25-6-13-32-33-14-7-26(2)19-40(33)45(39(32)18-25)30-11-10-29(24-43)36(22-30)37-23-31(12-17-38(37)44-5)46-41-20-27(3)8-15-34(41)35-16-9-28(4)21-42(35)46;1-25-12-18-39-34(20-25)30-8-4-6-10-37(30)43(39)28-15-14-27(24-41)32(22-28)33-23-29(16-17-36(33)42-3)44-38-11-7-5-9-31(38)35-21-26(2)13-19-40(35)44;1-25-12-17-32-30-8-4-6-10-37(30)43(39(32)20-25)28-15-14-27(24-41)34(22-28)35-23-29(16-19-36(35)42-3)44-38-11-7-5-9-31(38)33-18-13-26(2)21-40(33)44/h6-23H,1-4H3;2*4-23H,1-2H3. The number of nitrogens with zero attached hydrogens (tertiary/aromatic N) is 12. The number of para-hydroxylation sites is 4. The quantitative estimate of drug-likeness (QED) is 0.134. The summed E-state index contributed by atoms with van der Waals surface area (Å²) in [4.78, 5) is 11.8. The maximum absolute atomic E-state index is 10.3. The number of rotatable bonds is 9. The highest BCUT2D eigenvalue weighted by Crippen LogP contribution is 2.47. The Hall–Kier alpha value is -18.3. The average molecular weight is 1720 g/mol. The predicted octanol–water partition coefficient (Wildman–Crippen LogP) is 32.4. The predicted molar refractivity (Wildman–Crippen MR) is 552 cm³/mol. The highest BCUT2D eigenvalue weighted by molar-refractivity contribution is 6.15. The Morgan fingerprint density at radius 1 is 0.179 bits per heavy atom. The van der Waals surface area contributed by atoms with E-state index < -0.39 is 0 Å². The molecular formula is C122H82N12. The maximum Gasteiger partial charge on any atom is 0.195 e. The molecule has 0 N–H and O–H groups in total. The van der Waals surface area contributed by atoms with E-state index in [4.69, 9.17) is 19.7 Å². The summed E-state index contributed by atoms with van der Waals surface area (Å²) in [5, 5.41) is 45.1. The summed E-state index contributed by atoms with van der Waals surface area (Å²) in [5.74, 6) is 0. The molecular weight excluding hydrogens is 1630 g/mol. The third-order valence-electron chi connectivity index (χ3n) is 26.6. The molecule has 0 aliphatic heterocycles. The van der Waals surface area contributed by atoms with Gasteiger partial charge in [-0.15, -0.1) is 0 Å². The molecule has 0 spiro atoms. The van der Waals surface area contributed by atoms with E-state index in [9.17, 15) is 15.8 Å². The van der Waals surface area contributed by atoms with Gasteiger partial charge in [0.2, 0.25) is 0 Å². The molecule has 0 atom stereocenters. The van der Waals surface area contributed by atoms with Crippen molar-refractivity contribution in [2.45, 2.75) is 55.4 Å². The van der Waals surface area contributed by atoms with Crippen molar-refractivity contribution in [2.24, 2.45) is 0 Å². The molecule has 24 aromatic rings. The average Bonchev–Trinajstić information content (AvgIpc) is 1.62. The van der Waals surface area contributed by atoms with Crippen molar-refractivity contribution < 1.29 is 0 Å². The molecule has 0 radical (unpaired) electrons. The van der Waals surface area contributed by atoms with Crippen LogP contribution < -0.4 is 0 Å². The van der Waals surface area contributed by atoms with Gasteiger partial charge in [-0.1, -0.05) is 187 Å². The molecule has 0 aliphatic carbocycles. The van der Waals surface area contributed by atoms with Gasteiger partial charge < -0.3 is 27.4 Å². The molecule has 0 bridgehead atoms. The molecule has 12 heteroatoms. The number of hydrogen-bond acceptors (Lipinski definition) is 3. The zero-order valence-corrected chi connectivity index (χ0v) is 74.9. The minimum atomic E-state index is 0.511. The Morgan fingerprint density at radius 3 is 0.612 bits per heavy atom. The number of aromatic nitrogens is 6. The van der Waals surface area contributed by atoms with Gasteiger partial charge in [0.25, 0.3) is 0 Å². The first-order chi connectivity index (χ1) is 65.4. The van der Waals surface area contributed by atoms with Crippen molar-refractivity contribution in [1.82, 2.24) is 27.4 Å². The second-order valence-corrected chi connectivity index (χ2v) is 35.2. The topological polar surface area (TPSA) is 114 Å². The summed E-state index contributed by atoms with van der Waals surface area (Å²) < 4.78 is 13.6. The van der Waals surface area contributed by atoms with Crippen LogP contribution in [-0.4, -0.2) is 27.4 Å². The van der Waals surface area contributed by atoms with Gasteiger partial charge >= 0.3 is 0 Å². The van der Waals surface area contributed by atoms with Gasteiger partial charge in [0.05, 0.1) is 121 Å². The number of hydrogen-bond donors (Lipinski definition) is 0. The highest BCUT2D eigenvalue weighted by Gasteiger charge is 2.26. The van der Waals surface area contributed by atoms with Crippen LogP contribution in [-0.2, 0) is 0 Å². The van der Waals surface area contributed by atoms with Crippen LogP contribution in [0.15, 0.2) is 352 Å². The van der Waals surface area contributed by atoms with Gasteiger partial charge in [0.1, 0.15) is 0 Å². The summed E-state index contributed by atoms with van der Waals surface area (Å²) in [6, 6.07) is 129. The molecule has 0 saturated carbocycles. The summed E-state index contributed by atoms with van der Waals surface area (Å²) in [5.41, 5.74) is 36.1. The zero-order valence-electron chi connectivity index (χ0n) is 74.9. The number of nitriles is 3. The van der Waals surface area contributed by atoms with Crippen LogP contribution in [0.1, 0.15) is 61.2 Å². The lowest BCUT2D eigenvalue weighted by molar-refractivity contribution is 1.17. The van der Waals surface area contributed by atoms with Crippen LogP contribution in [0.25, 0.3) is 213 Å².